The maximum absolute atomic E-state index is 4.14. The molecule has 0 aliphatic rings. The summed E-state index contributed by atoms with van der Waals surface area (Å²) in [7, 11) is 0. The van der Waals surface area contributed by atoms with E-state index in [4.69, 9.17) is 0 Å². The first-order valence-electron chi connectivity index (χ1n) is 5.03. The van der Waals surface area contributed by atoms with Gasteiger partial charge >= 0.3 is 0 Å². The molecule has 0 aromatic carbocycles. The molecule has 1 aromatic rings. The van der Waals surface area contributed by atoms with Gasteiger partial charge in [-0.15, -0.1) is 0 Å². The van der Waals surface area contributed by atoms with Gasteiger partial charge in [0.2, 0.25) is 0 Å². The SMILES string of the molecule is C/C=C(/C)c1ccncc1/C=C\CC. The maximum Gasteiger partial charge on any atom is 0.0346 e. The zero-order chi connectivity index (χ0) is 10.4. The number of pyridine rings is 1. The molecule has 0 spiro atoms. The van der Waals surface area contributed by atoms with Gasteiger partial charge in [0.15, 0.2) is 0 Å². The van der Waals surface area contributed by atoms with Gasteiger partial charge < -0.3 is 0 Å². The Kier molecular flexibility index (Phi) is 4.11. The van der Waals surface area contributed by atoms with Gasteiger partial charge in [-0.05, 0) is 43.0 Å². The summed E-state index contributed by atoms with van der Waals surface area (Å²) in [4.78, 5) is 4.14. The van der Waals surface area contributed by atoms with Crippen LogP contribution in [0.3, 0.4) is 0 Å². The van der Waals surface area contributed by atoms with Gasteiger partial charge in [0, 0.05) is 12.4 Å². The average molecular weight is 187 g/mol. The molecule has 1 nitrogen and oxygen atoms in total. The van der Waals surface area contributed by atoms with Crippen LogP contribution in [0.25, 0.3) is 11.6 Å². The first-order chi connectivity index (χ1) is 6.79. The molecule has 74 valence electrons. The number of allylic oxidation sites excluding steroid dienone is 3. The largest absolute Gasteiger partial charge is 0.264 e. The molecule has 0 saturated carbocycles. The molecule has 0 bridgehead atoms. The van der Waals surface area contributed by atoms with E-state index in [0.29, 0.717) is 0 Å². The first-order valence-corrected chi connectivity index (χ1v) is 5.03. The van der Waals surface area contributed by atoms with Crippen molar-refractivity contribution in [2.45, 2.75) is 27.2 Å². The van der Waals surface area contributed by atoms with Gasteiger partial charge in [0.25, 0.3) is 0 Å². The van der Waals surface area contributed by atoms with Crippen LogP contribution >= 0.6 is 0 Å². The maximum atomic E-state index is 4.14. The molecule has 14 heavy (non-hydrogen) atoms. The van der Waals surface area contributed by atoms with Gasteiger partial charge in [-0.25, -0.2) is 0 Å². The zero-order valence-electron chi connectivity index (χ0n) is 9.12. The highest BCUT2D eigenvalue weighted by Crippen LogP contribution is 2.18. The first kappa shape index (κ1) is 10.7. The van der Waals surface area contributed by atoms with Crippen molar-refractivity contribution >= 4 is 11.6 Å². The van der Waals surface area contributed by atoms with Crippen LogP contribution in [0, 0.1) is 0 Å². The van der Waals surface area contributed by atoms with Crippen LogP contribution in [-0.2, 0) is 0 Å². The second kappa shape index (κ2) is 5.38. The number of aromatic nitrogens is 1. The lowest BCUT2D eigenvalue weighted by Crippen LogP contribution is -1.86. The van der Waals surface area contributed by atoms with E-state index in [2.05, 4.69) is 50.0 Å². The highest BCUT2D eigenvalue weighted by molar-refractivity contribution is 5.72. The fourth-order valence-corrected chi connectivity index (χ4v) is 1.30. The molecule has 1 rings (SSSR count). The Bertz CT molecular complexity index is 348. The summed E-state index contributed by atoms with van der Waals surface area (Å²) in [6, 6.07) is 2.06. The molecule has 0 unspecified atom stereocenters. The standard InChI is InChI=1S/C13H17N/c1-4-6-7-12-10-14-9-8-13(12)11(3)5-2/h5-10H,4H2,1-3H3/b7-6-,11-5-. The van der Waals surface area contributed by atoms with E-state index in [0.717, 1.165) is 6.42 Å². The Hall–Kier alpha value is -1.37. The van der Waals surface area contributed by atoms with Crippen molar-refractivity contribution in [2.24, 2.45) is 0 Å². The minimum atomic E-state index is 1.06. The van der Waals surface area contributed by atoms with Crippen LogP contribution in [0.5, 0.6) is 0 Å². The van der Waals surface area contributed by atoms with Crippen molar-refractivity contribution in [3.63, 3.8) is 0 Å². The van der Waals surface area contributed by atoms with Gasteiger partial charge in [-0.3, -0.25) is 4.98 Å². The Morgan fingerprint density at radius 1 is 1.50 bits per heavy atom. The second-order valence-electron chi connectivity index (χ2n) is 3.25. The quantitative estimate of drug-likeness (QED) is 0.698. The summed E-state index contributed by atoms with van der Waals surface area (Å²) in [5.74, 6) is 0. The minimum Gasteiger partial charge on any atom is -0.264 e. The third kappa shape index (κ3) is 2.56. The van der Waals surface area contributed by atoms with E-state index in [1.807, 2.05) is 12.4 Å². The van der Waals surface area contributed by atoms with Crippen LogP contribution in [0.4, 0.5) is 0 Å². The molecule has 0 saturated heterocycles. The smallest absolute Gasteiger partial charge is 0.0346 e. The zero-order valence-corrected chi connectivity index (χ0v) is 9.12. The molecule has 0 aliphatic carbocycles. The van der Waals surface area contributed by atoms with E-state index < -0.39 is 0 Å². The second-order valence-corrected chi connectivity index (χ2v) is 3.25. The molecule has 0 atom stereocenters. The van der Waals surface area contributed by atoms with Gasteiger partial charge in [-0.1, -0.05) is 25.2 Å². The Balaban J connectivity index is 3.09. The summed E-state index contributed by atoms with van der Waals surface area (Å²) in [6.07, 6.45) is 11.2. The molecule has 1 heterocycles. The van der Waals surface area contributed by atoms with Crippen LogP contribution in [0.15, 0.2) is 30.6 Å². The summed E-state index contributed by atoms with van der Waals surface area (Å²) >= 11 is 0. The molecule has 0 N–H and O–H groups in total. The van der Waals surface area contributed by atoms with Crippen molar-refractivity contribution in [3.8, 4) is 0 Å². The summed E-state index contributed by atoms with van der Waals surface area (Å²) in [6.45, 7) is 6.32. The van der Waals surface area contributed by atoms with E-state index >= 15 is 0 Å². The van der Waals surface area contributed by atoms with Gasteiger partial charge in [-0.2, -0.15) is 0 Å². The summed E-state index contributed by atoms with van der Waals surface area (Å²) in [5.41, 5.74) is 3.76. The molecule has 1 heteroatoms. The average Bonchev–Trinajstić information content (AvgIpc) is 2.25. The normalized spacial score (nSPS) is 12.4. The van der Waals surface area contributed by atoms with E-state index in [-0.39, 0.29) is 0 Å². The third-order valence-corrected chi connectivity index (χ3v) is 2.24. The van der Waals surface area contributed by atoms with Crippen LogP contribution in [-0.4, -0.2) is 4.98 Å². The number of hydrogen-bond donors (Lipinski definition) is 0. The summed E-state index contributed by atoms with van der Waals surface area (Å²) < 4.78 is 0. The summed E-state index contributed by atoms with van der Waals surface area (Å²) in [5, 5.41) is 0. The highest BCUT2D eigenvalue weighted by atomic mass is 14.6. The fraction of sp³-hybridized carbons (Fsp3) is 0.308. The van der Waals surface area contributed by atoms with Crippen molar-refractivity contribution < 1.29 is 0 Å². The fourth-order valence-electron chi connectivity index (χ4n) is 1.30. The lowest BCUT2D eigenvalue weighted by molar-refractivity contribution is 1.23. The molecule has 0 fully saturated rings. The monoisotopic (exact) mass is 187 g/mol. The lowest BCUT2D eigenvalue weighted by Gasteiger charge is -2.04. The van der Waals surface area contributed by atoms with E-state index in [1.165, 1.54) is 16.7 Å². The lowest BCUT2D eigenvalue weighted by atomic mass is 10.0. The van der Waals surface area contributed by atoms with Gasteiger partial charge in [0.1, 0.15) is 0 Å². The van der Waals surface area contributed by atoms with Crippen molar-refractivity contribution in [3.05, 3.63) is 41.7 Å². The van der Waals surface area contributed by atoms with Crippen LogP contribution in [0.1, 0.15) is 38.3 Å². The highest BCUT2D eigenvalue weighted by Gasteiger charge is 1.99. The third-order valence-electron chi connectivity index (χ3n) is 2.24. The van der Waals surface area contributed by atoms with Crippen molar-refractivity contribution in [1.29, 1.82) is 0 Å². The molecule has 0 amide bonds. The van der Waals surface area contributed by atoms with Crippen LogP contribution < -0.4 is 0 Å². The van der Waals surface area contributed by atoms with E-state index in [9.17, 15) is 0 Å². The van der Waals surface area contributed by atoms with Gasteiger partial charge in [0.05, 0.1) is 0 Å². The van der Waals surface area contributed by atoms with Crippen molar-refractivity contribution in [2.75, 3.05) is 0 Å². The molecule has 1 aromatic heterocycles. The predicted molar refractivity (Wildman–Crippen MR) is 62.9 cm³/mol. The number of nitrogens with zero attached hydrogens (tertiary/aromatic N) is 1. The van der Waals surface area contributed by atoms with Crippen molar-refractivity contribution in [1.82, 2.24) is 4.98 Å². The number of rotatable bonds is 3. The Morgan fingerprint density at radius 2 is 2.29 bits per heavy atom. The number of hydrogen-bond acceptors (Lipinski definition) is 1. The van der Waals surface area contributed by atoms with Crippen LogP contribution in [0.2, 0.25) is 0 Å². The topological polar surface area (TPSA) is 12.9 Å². The Labute approximate surface area is 86.2 Å². The van der Waals surface area contributed by atoms with E-state index in [1.54, 1.807) is 0 Å². The molecular formula is C13H17N. The Morgan fingerprint density at radius 3 is 2.93 bits per heavy atom. The predicted octanol–water partition coefficient (Wildman–Crippen LogP) is 3.93. The molecular weight excluding hydrogens is 170 g/mol. The minimum absolute atomic E-state index is 1.06. The molecule has 0 aliphatic heterocycles. The molecule has 0 radical (unpaired) electrons.